The van der Waals surface area contributed by atoms with Gasteiger partial charge in [0.2, 0.25) is 0 Å². The Morgan fingerprint density at radius 1 is 1.29 bits per heavy atom. The van der Waals surface area contributed by atoms with Crippen LogP contribution in [-0.4, -0.2) is 60.0 Å². The van der Waals surface area contributed by atoms with Crippen LogP contribution >= 0.6 is 11.3 Å². The Labute approximate surface area is 145 Å². The molecule has 0 saturated carbocycles. The van der Waals surface area contributed by atoms with Crippen molar-refractivity contribution in [1.29, 1.82) is 0 Å². The van der Waals surface area contributed by atoms with Crippen LogP contribution in [0.4, 0.5) is 5.82 Å². The topological polar surface area (TPSA) is 67.4 Å². The molecule has 0 atom stereocenters. The fourth-order valence-electron chi connectivity index (χ4n) is 2.64. The number of thiophene rings is 1. The summed E-state index contributed by atoms with van der Waals surface area (Å²) in [7, 11) is 0. The predicted octanol–water partition coefficient (Wildman–Crippen LogP) is 2.54. The zero-order valence-electron chi connectivity index (χ0n) is 13.8. The zero-order chi connectivity index (χ0) is 16.8. The number of ether oxygens (including phenoxy) is 1. The highest BCUT2D eigenvalue weighted by atomic mass is 32.1. The molecule has 7 heteroatoms. The number of hydrogen-bond donors (Lipinski definition) is 1. The van der Waals surface area contributed by atoms with Gasteiger partial charge in [-0.15, -0.1) is 11.3 Å². The summed E-state index contributed by atoms with van der Waals surface area (Å²) in [6.07, 6.45) is 4.41. The molecule has 3 heterocycles. The van der Waals surface area contributed by atoms with Crippen LogP contribution in [0.2, 0.25) is 0 Å². The molecular weight excluding hydrogens is 324 g/mol. The summed E-state index contributed by atoms with van der Waals surface area (Å²) in [6, 6.07) is 3.78. The lowest BCUT2D eigenvalue weighted by Gasteiger charge is -2.26. The van der Waals surface area contributed by atoms with E-state index >= 15 is 0 Å². The number of hydrogen-bond acceptors (Lipinski definition) is 7. The van der Waals surface area contributed by atoms with Gasteiger partial charge in [0.15, 0.2) is 11.6 Å². The third-order valence-corrected chi connectivity index (χ3v) is 5.12. The maximum Gasteiger partial charge on any atom is 0.169 e. The second-order valence-corrected chi connectivity index (χ2v) is 6.79. The fourth-order valence-corrected chi connectivity index (χ4v) is 3.54. The van der Waals surface area contributed by atoms with Gasteiger partial charge >= 0.3 is 0 Å². The molecule has 3 rings (SSSR count). The van der Waals surface area contributed by atoms with E-state index in [-0.39, 0.29) is 5.78 Å². The molecule has 1 fully saturated rings. The van der Waals surface area contributed by atoms with Gasteiger partial charge < -0.3 is 10.1 Å². The molecule has 24 heavy (non-hydrogen) atoms. The highest BCUT2D eigenvalue weighted by Gasteiger charge is 2.13. The van der Waals surface area contributed by atoms with Crippen LogP contribution in [-0.2, 0) is 4.74 Å². The van der Waals surface area contributed by atoms with Gasteiger partial charge in [-0.3, -0.25) is 9.69 Å². The molecule has 2 aromatic heterocycles. The number of anilines is 1. The molecule has 1 saturated heterocycles. The second kappa shape index (κ2) is 8.32. The highest BCUT2D eigenvalue weighted by molar-refractivity contribution is 7.17. The van der Waals surface area contributed by atoms with E-state index in [4.69, 9.17) is 4.74 Å². The third kappa shape index (κ3) is 4.37. The molecule has 6 nitrogen and oxygen atoms in total. The van der Waals surface area contributed by atoms with Crippen LogP contribution in [0.5, 0.6) is 0 Å². The van der Waals surface area contributed by atoms with Crippen molar-refractivity contribution in [2.45, 2.75) is 13.3 Å². The van der Waals surface area contributed by atoms with E-state index < -0.39 is 0 Å². The molecule has 2 aromatic rings. The quantitative estimate of drug-likeness (QED) is 0.614. The summed E-state index contributed by atoms with van der Waals surface area (Å²) in [5.41, 5.74) is 0.807. The number of carbonyl (C=O) groups is 1. The van der Waals surface area contributed by atoms with Crippen molar-refractivity contribution in [3.05, 3.63) is 29.4 Å². The number of nitrogens with zero attached hydrogens (tertiary/aromatic N) is 3. The summed E-state index contributed by atoms with van der Waals surface area (Å²) in [4.78, 5) is 24.5. The van der Waals surface area contributed by atoms with Gasteiger partial charge in [-0.05, 0) is 32.0 Å². The van der Waals surface area contributed by atoms with E-state index in [0.29, 0.717) is 0 Å². The molecule has 0 aromatic carbocycles. The molecule has 1 N–H and O–H groups in total. The number of nitrogens with one attached hydrogen (secondary N) is 1. The first kappa shape index (κ1) is 17.0. The lowest BCUT2D eigenvalue weighted by atomic mass is 10.3. The maximum atomic E-state index is 11.5. The van der Waals surface area contributed by atoms with Crippen molar-refractivity contribution >= 4 is 22.9 Å². The number of carbonyl (C=O) groups excluding carboxylic acids is 1. The van der Waals surface area contributed by atoms with Crippen molar-refractivity contribution in [2.24, 2.45) is 0 Å². The van der Waals surface area contributed by atoms with E-state index in [1.807, 2.05) is 12.1 Å². The largest absolute Gasteiger partial charge is 0.379 e. The van der Waals surface area contributed by atoms with E-state index in [1.54, 1.807) is 19.3 Å². The van der Waals surface area contributed by atoms with E-state index in [0.717, 1.165) is 67.1 Å². The van der Waals surface area contributed by atoms with Crippen molar-refractivity contribution < 1.29 is 9.53 Å². The molecule has 0 radical (unpaired) electrons. The summed E-state index contributed by atoms with van der Waals surface area (Å²) in [5, 5.41) is 3.38. The van der Waals surface area contributed by atoms with Crippen LogP contribution in [0, 0.1) is 0 Å². The van der Waals surface area contributed by atoms with E-state index in [2.05, 4.69) is 20.2 Å². The Morgan fingerprint density at radius 3 is 2.83 bits per heavy atom. The van der Waals surface area contributed by atoms with Gasteiger partial charge in [0, 0.05) is 32.0 Å². The number of aromatic nitrogens is 2. The SMILES string of the molecule is CC(=O)c1ccc(-c2nccnc2NCCCN2CCOCC2)s1. The highest BCUT2D eigenvalue weighted by Crippen LogP contribution is 2.30. The molecule has 0 bridgehead atoms. The van der Waals surface area contributed by atoms with Crippen molar-refractivity contribution in [3.63, 3.8) is 0 Å². The maximum absolute atomic E-state index is 11.5. The molecular formula is C17H22N4O2S. The standard InChI is InChI=1S/C17H22N4O2S/c1-13(22)14-3-4-15(24-14)16-17(20-7-6-18-16)19-5-2-8-21-9-11-23-12-10-21/h3-4,6-7H,2,5,8-12H2,1H3,(H,19,20). The summed E-state index contributed by atoms with van der Waals surface area (Å²) in [5.74, 6) is 0.853. The summed E-state index contributed by atoms with van der Waals surface area (Å²) >= 11 is 1.46. The monoisotopic (exact) mass is 346 g/mol. The molecule has 0 spiro atoms. The van der Waals surface area contributed by atoms with E-state index in [1.165, 1.54) is 11.3 Å². The summed E-state index contributed by atoms with van der Waals surface area (Å²) in [6.45, 7) is 7.17. The molecule has 1 aliphatic heterocycles. The summed E-state index contributed by atoms with van der Waals surface area (Å²) < 4.78 is 5.36. The smallest absolute Gasteiger partial charge is 0.169 e. The van der Waals surface area contributed by atoms with Gasteiger partial charge in [0.1, 0.15) is 5.69 Å². The van der Waals surface area contributed by atoms with Crippen molar-refractivity contribution in [2.75, 3.05) is 44.7 Å². The van der Waals surface area contributed by atoms with Crippen molar-refractivity contribution in [1.82, 2.24) is 14.9 Å². The first-order valence-corrected chi connectivity index (χ1v) is 9.02. The number of morpholine rings is 1. The Morgan fingerprint density at radius 2 is 2.08 bits per heavy atom. The van der Waals surface area contributed by atoms with E-state index in [9.17, 15) is 4.79 Å². The average molecular weight is 346 g/mol. The third-order valence-electron chi connectivity index (χ3n) is 3.93. The van der Waals surface area contributed by atoms with Gasteiger partial charge in [0.25, 0.3) is 0 Å². The minimum absolute atomic E-state index is 0.0789. The lowest BCUT2D eigenvalue weighted by molar-refractivity contribution is 0.0378. The average Bonchev–Trinajstić information content (AvgIpc) is 3.10. The Bertz CT molecular complexity index is 683. The normalized spacial score (nSPS) is 15.4. The Hall–Kier alpha value is -1.83. The van der Waals surface area contributed by atoms with Crippen LogP contribution in [0.3, 0.4) is 0 Å². The number of ketones is 1. The predicted molar refractivity (Wildman–Crippen MR) is 95.7 cm³/mol. The fraction of sp³-hybridized carbons (Fsp3) is 0.471. The molecule has 0 amide bonds. The number of rotatable bonds is 7. The molecule has 128 valence electrons. The number of Topliss-reactive ketones (excluding diaryl/α,β-unsaturated/α-hetero) is 1. The van der Waals surface area contributed by atoms with Gasteiger partial charge in [-0.2, -0.15) is 0 Å². The minimum atomic E-state index is 0.0789. The van der Waals surface area contributed by atoms with Gasteiger partial charge in [-0.25, -0.2) is 9.97 Å². The van der Waals surface area contributed by atoms with Crippen molar-refractivity contribution in [3.8, 4) is 10.6 Å². The Kier molecular flexibility index (Phi) is 5.90. The van der Waals surface area contributed by atoms with Crippen LogP contribution < -0.4 is 5.32 Å². The van der Waals surface area contributed by atoms with Crippen LogP contribution in [0.15, 0.2) is 24.5 Å². The van der Waals surface area contributed by atoms with Crippen LogP contribution in [0.1, 0.15) is 23.0 Å². The second-order valence-electron chi connectivity index (χ2n) is 5.71. The minimum Gasteiger partial charge on any atom is -0.379 e. The Balaban J connectivity index is 1.58. The van der Waals surface area contributed by atoms with Gasteiger partial charge in [-0.1, -0.05) is 0 Å². The first-order valence-electron chi connectivity index (χ1n) is 8.20. The van der Waals surface area contributed by atoms with Gasteiger partial charge in [0.05, 0.1) is 23.0 Å². The molecule has 1 aliphatic rings. The molecule has 0 unspecified atom stereocenters. The lowest BCUT2D eigenvalue weighted by Crippen LogP contribution is -2.37. The zero-order valence-corrected chi connectivity index (χ0v) is 14.6. The van der Waals surface area contributed by atoms with Crippen LogP contribution in [0.25, 0.3) is 10.6 Å². The first-order chi connectivity index (χ1) is 11.7. The molecule has 0 aliphatic carbocycles.